The van der Waals surface area contributed by atoms with Gasteiger partial charge in [-0.05, 0) is 19.1 Å². The van der Waals surface area contributed by atoms with Gasteiger partial charge in [0.15, 0.2) is 11.5 Å². The molecule has 1 aromatic heterocycles. The first-order valence-corrected chi connectivity index (χ1v) is 8.69. The van der Waals surface area contributed by atoms with Crippen molar-refractivity contribution in [2.45, 2.75) is 13.5 Å². The van der Waals surface area contributed by atoms with Crippen LogP contribution in [-0.2, 0) is 16.0 Å². The Morgan fingerprint density at radius 1 is 1.15 bits per heavy atom. The van der Waals surface area contributed by atoms with E-state index in [0.29, 0.717) is 49.1 Å². The predicted octanol–water partition coefficient (Wildman–Crippen LogP) is 2.26. The molecule has 0 saturated carbocycles. The quantitative estimate of drug-likeness (QED) is 0.732. The number of methoxy groups -OCH3 is 2. The summed E-state index contributed by atoms with van der Waals surface area (Å²) < 4.78 is 21.3. The molecule has 7 nitrogen and oxygen atoms in total. The second-order valence-electron chi connectivity index (χ2n) is 5.99. The van der Waals surface area contributed by atoms with E-state index in [2.05, 4.69) is 4.90 Å². The number of carbonyl (C=O) groups excluding carboxylic acids is 1. The summed E-state index contributed by atoms with van der Waals surface area (Å²) in [5.41, 5.74) is 1.93. The lowest BCUT2D eigenvalue weighted by Crippen LogP contribution is -2.36. The smallest absolute Gasteiger partial charge is 0.340 e. The number of ether oxygens (including phenoxy) is 4. The maximum Gasteiger partial charge on any atom is 0.340 e. The highest BCUT2D eigenvalue weighted by Crippen LogP contribution is 2.32. The first-order valence-electron chi connectivity index (χ1n) is 8.69. The van der Waals surface area contributed by atoms with Crippen molar-refractivity contribution in [2.75, 3.05) is 47.1 Å². The number of pyridine rings is 1. The third-order valence-electron chi connectivity index (χ3n) is 4.37. The molecule has 2 heterocycles. The molecule has 26 heavy (non-hydrogen) atoms. The number of rotatable bonds is 6. The summed E-state index contributed by atoms with van der Waals surface area (Å²) in [6.07, 6.45) is 0. The van der Waals surface area contributed by atoms with Crippen LogP contribution in [0.15, 0.2) is 18.2 Å². The fourth-order valence-corrected chi connectivity index (χ4v) is 3.02. The van der Waals surface area contributed by atoms with Gasteiger partial charge in [-0.15, -0.1) is 0 Å². The average molecular weight is 360 g/mol. The summed E-state index contributed by atoms with van der Waals surface area (Å²) in [6, 6.07) is 5.46. The fraction of sp³-hybridized carbons (Fsp3) is 0.474. The molecule has 0 bridgehead atoms. The lowest BCUT2D eigenvalue weighted by molar-refractivity contribution is 0.0331. The van der Waals surface area contributed by atoms with E-state index < -0.39 is 0 Å². The molecule has 140 valence electrons. The molecular formula is C19H24N2O5. The summed E-state index contributed by atoms with van der Waals surface area (Å²) in [5.74, 6) is 0.839. The molecule has 1 aromatic carbocycles. The molecule has 2 aromatic rings. The average Bonchev–Trinajstić information content (AvgIpc) is 2.67. The summed E-state index contributed by atoms with van der Waals surface area (Å²) in [5, 5.41) is 0.802. The zero-order chi connectivity index (χ0) is 18.5. The molecule has 0 radical (unpaired) electrons. The van der Waals surface area contributed by atoms with E-state index >= 15 is 0 Å². The standard InChI is InChI=1S/C19H24N2O5/c1-4-26-19(22)14-9-13-10-17(23-2)18(24-3)11-15(13)20-16(14)12-21-5-7-25-8-6-21/h9-11H,4-8,12H2,1-3H3. The van der Waals surface area contributed by atoms with Gasteiger partial charge in [0.1, 0.15) is 0 Å². The monoisotopic (exact) mass is 360 g/mol. The van der Waals surface area contributed by atoms with E-state index in [9.17, 15) is 4.79 Å². The van der Waals surface area contributed by atoms with Crippen LogP contribution in [0.25, 0.3) is 10.9 Å². The lowest BCUT2D eigenvalue weighted by atomic mass is 10.1. The number of hydrogen-bond acceptors (Lipinski definition) is 7. The summed E-state index contributed by atoms with van der Waals surface area (Å²) in [4.78, 5) is 19.4. The van der Waals surface area contributed by atoms with E-state index in [4.69, 9.17) is 23.9 Å². The van der Waals surface area contributed by atoms with Crippen LogP contribution in [0.2, 0.25) is 0 Å². The van der Waals surface area contributed by atoms with Crippen molar-refractivity contribution in [3.8, 4) is 11.5 Å². The number of carbonyl (C=O) groups is 1. The van der Waals surface area contributed by atoms with Gasteiger partial charge in [0.25, 0.3) is 0 Å². The summed E-state index contributed by atoms with van der Waals surface area (Å²) in [6.45, 7) is 5.69. The maximum atomic E-state index is 12.5. The molecule has 1 aliphatic rings. The molecule has 7 heteroatoms. The highest BCUT2D eigenvalue weighted by atomic mass is 16.5. The molecule has 0 aliphatic carbocycles. The third kappa shape index (κ3) is 3.89. The number of nitrogens with zero attached hydrogens (tertiary/aromatic N) is 2. The van der Waals surface area contributed by atoms with Crippen molar-refractivity contribution in [1.29, 1.82) is 0 Å². The van der Waals surface area contributed by atoms with E-state index in [1.165, 1.54) is 0 Å². The highest BCUT2D eigenvalue weighted by Gasteiger charge is 2.20. The van der Waals surface area contributed by atoms with Gasteiger partial charge in [0, 0.05) is 31.1 Å². The van der Waals surface area contributed by atoms with Gasteiger partial charge >= 0.3 is 5.97 Å². The number of esters is 1. The molecular weight excluding hydrogens is 336 g/mol. The number of morpholine rings is 1. The van der Waals surface area contributed by atoms with Gasteiger partial charge in [-0.3, -0.25) is 9.88 Å². The van der Waals surface area contributed by atoms with Gasteiger partial charge < -0.3 is 18.9 Å². The minimum absolute atomic E-state index is 0.319. The van der Waals surface area contributed by atoms with Gasteiger partial charge in [-0.2, -0.15) is 0 Å². The Labute approximate surface area is 152 Å². The van der Waals surface area contributed by atoms with Crippen LogP contribution < -0.4 is 9.47 Å². The molecule has 0 spiro atoms. The Bertz CT molecular complexity index is 787. The van der Waals surface area contributed by atoms with Crippen LogP contribution in [0.3, 0.4) is 0 Å². The first kappa shape index (κ1) is 18.4. The normalized spacial score (nSPS) is 15.0. The molecule has 1 aliphatic heterocycles. The minimum Gasteiger partial charge on any atom is -0.493 e. The SMILES string of the molecule is CCOC(=O)c1cc2cc(OC)c(OC)cc2nc1CN1CCOCC1. The molecule has 1 saturated heterocycles. The maximum absolute atomic E-state index is 12.5. The summed E-state index contributed by atoms with van der Waals surface area (Å²) >= 11 is 0. The first-order chi connectivity index (χ1) is 12.7. The van der Waals surface area contributed by atoms with Crippen LogP contribution in [0.5, 0.6) is 11.5 Å². The molecule has 0 N–H and O–H groups in total. The van der Waals surface area contributed by atoms with E-state index in [1.807, 2.05) is 18.2 Å². The van der Waals surface area contributed by atoms with Crippen molar-refractivity contribution in [3.63, 3.8) is 0 Å². The zero-order valence-electron chi connectivity index (χ0n) is 15.4. The number of fused-ring (bicyclic) bond motifs is 1. The Balaban J connectivity index is 2.05. The molecule has 3 rings (SSSR count). The summed E-state index contributed by atoms with van der Waals surface area (Å²) in [7, 11) is 3.17. The van der Waals surface area contributed by atoms with Crippen molar-refractivity contribution in [1.82, 2.24) is 9.88 Å². The predicted molar refractivity (Wildman–Crippen MR) is 96.9 cm³/mol. The minimum atomic E-state index is -0.361. The van der Waals surface area contributed by atoms with Crippen LogP contribution >= 0.6 is 0 Å². The number of benzene rings is 1. The molecule has 0 amide bonds. The van der Waals surface area contributed by atoms with Crippen molar-refractivity contribution in [2.24, 2.45) is 0 Å². The van der Waals surface area contributed by atoms with Gasteiger partial charge in [-0.25, -0.2) is 4.79 Å². The van der Waals surface area contributed by atoms with Crippen molar-refractivity contribution < 1.29 is 23.7 Å². The molecule has 0 atom stereocenters. The van der Waals surface area contributed by atoms with Gasteiger partial charge in [0.2, 0.25) is 0 Å². The molecule has 1 fully saturated rings. The Hall–Kier alpha value is -2.38. The van der Waals surface area contributed by atoms with Crippen molar-refractivity contribution >= 4 is 16.9 Å². The zero-order valence-corrected chi connectivity index (χ0v) is 15.4. The second-order valence-corrected chi connectivity index (χ2v) is 5.99. The van der Waals surface area contributed by atoms with Crippen LogP contribution in [0, 0.1) is 0 Å². The van der Waals surface area contributed by atoms with Crippen LogP contribution in [0.1, 0.15) is 23.0 Å². The Morgan fingerprint density at radius 2 is 1.85 bits per heavy atom. The fourth-order valence-electron chi connectivity index (χ4n) is 3.02. The van der Waals surface area contributed by atoms with Gasteiger partial charge in [0.05, 0.1) is 50.8 Å². The topological polar surface area (TPSA) is 70.1 Å². The van der Waals surface area contributed by atoms with Crippen molar-refractivity contribution in [3.05, 3.63) is 29.5 Å². The van der Waals surface area contributed by atoms with E-state index in [1.54, 1.807) is 21.1 Å². The van der Waals surface area contributed by atoms with Crippen LogP contribution in [0.4, 0.5) is 0 Å². The van der Waals surface area contributed by atoms with Gasteiger partial charge in [-0.1, -0.05) is 0 Å². The lowest BCUT2D eigenvalue weighted by Gasteiger charge is -2.26. The Morgan fingerprint density at radius 3 is 2.50 bits per heavy atom. The van der Waals surface area contributed by atoms with Crippen LogP contribution in [-0.4, -0.2) is 63.0 Å². The van der Waals surface area contributed by atoms with E-state index in [0.717, 1.165) is 24.0 Å². The number of aromatic nitrogens is 1. The molecule has 0 unspecified atom stereocenters. The van der Waals surface area contributed by atoms with E-state index in [-0.39, 0.29) is 5.97 Å². The largest absolute Gasteiger partial charge is 0.493 e. The third-order valence-corrected chi connectivity index (χ3v) is 4.37. The Kier molecular flexibility index (Phi) is 5.90. The second kappa shape index (κ2) is 8.33. The highest BCUT2D eigenvalue weighted by molar-refractivity contribution is 5.96. The number of hydrogen-bond donors (Lipinski definition) is 0.